The van der Waals surface area contributed by atoms with Crippen LogP contribution < -0.4 is 5.32 Å². The van der Waals surface area contributed by atoms with E-state index in [2.05, 4.69) is 5.32 Å². The molecule has 2 unspecified atom stereocenters. The van der Waals surface area contributed by atoms with Crippen LogP contribution in [-0.4, -0.2) is 54.9 Å². The van der Waals surface area contributed by atoms with Crippen LogP contribution in [0.2, 0.25) is 0 Å². The van der Waals surface area contributed by atoms with Crippen molar-refractivity contribution in [1.29, 1.82) is 0 Å². The number of ether oxygens (including phenoxy) is 1. The number of likely N-dealkylation sites (tertiary alicyclic amines) is 1. The Bertz CT molecular complexity index is 382. The van der Waals surface area contributed by atoms with Crippen LogP contribution in [0.4, 0.5) is 4.79 Å². The smallest absolute Gasteiger partial charge is 0.317 e. The maximum absolute atomic E-state index is 12.2. The summed E-state index contributed by atoms with van der Waals surface area (Å²) in [6.07, 6.45) is 5.00. The van der Waals surface area contributed by atoms with Gasteiger partial charge in [-0.1, -0.05) is 6.92 Å². The highest BCUT2D eigenvalue weighted by Crippen LogP contribution is 2.22. The zero-order valence-electron chi connectivity index (χ0n) is 13.4. The molecule has 2 aliphatic heterocycles. The fraction of sp³-hybridized carbons (Fsp3) is 0.875. The number of piperidine rings is 1. The van der Waals surface area contributed by atoms with Crippen LogP contribution in [0, 0.1) is 17.8 Å². The van der Waals surface area contributed by atoms with E-state index >= 15 is 0 Å². The number of aliphatic carboxylic acids is 1. The van der Waals surface area contributed by atoms with E-state index in [9.17, 15) is 9.59 Å². The van der Waals surface area contributed by atoms with Gasteiger partial charge in [0.05, 0.1) is 5.92 Å². The van der Waals surface area contributed by atoms with Gasteiger partial charge in [0.2, 0.25) is 0 Å². The molecular weight excluding hydrogens is 284 g/mol. The van der Waals surface area contributed by atoms with E-state index in [0.29, 0.717) is 26.1 Å². The largest absolute Gasteiger partial charge is 0.481 e. The van der Waals surface area contributed by atoms with Gasteiger partial charge in [-0.05, 0) is 43.9 Å². The molecule has 2 atom stereocenters. The molecule has 2 fully saturated rings. The van der Waals surface area contributed by atoms with Crippen molar-refractivity contribution < 1.29 is 19.4 Å². The summed E-state index contributed by atoms with van der Waals surface area (Å²) in [5.41, 5.74) is 0. The van der Waals surface area contributed by atoms with Crippen LogP contribution in [0.1, 0.15) is 39.0 Å². The Morgan fingerprint density at radius 3 is 2.68 bits per heavy atom. The third-order valence-corrected chi connectivity index (χ3v) is 4.70. The summed E-state index contributed by atoms with van der Waals surface area (Å²) < 4.78 is 5.34. The first-order chi connectivity index (χ1) is 10.6. The quantitative estimate of drug-likeness (QED) is 0.761. The van der Waals surface area contributed by atoms with Crippen molar-refractivity contribution in [2.45, 2.75) is 39.0 Å². The Labute approximate surface area is 132 Å². The number of rotatable bonds is 5. The second-order valence-corrected chi connectivity index (χ2v) is 6.71. The maximum atomic E-state index is 12.2. The molecule has 0 aromatic rings. The molecule has 0 aromatic carbocycles. The van der Waals surface area contributed by atoms with Crippen LogP contribution in [0.15, 0.2) is 0 Å². The van der Waals surface area contributed by atoms with Crippen LogP contribution in [0.25, 0.3) is 0 Å². The van der Waals surface area contributed by atoms with E-state index in [-0.39, 0.29) is 11.9 Å². The Kier molecular flexibility index (Phi) is 6.49. The van der Waals surface area contributed by atoms with Gasteiger partial charge >= 0.3 is 12.0 Å². The first kappa shape index (κ1) is 17.1. The summed E-state index contributed by atoms with van der Waals surface area (Å²) in [4.78, 5) is 25.0. The van der Waals surface area contributed by atoms with Crippen molar-refractivity contribution in [3.8, 4) is 0 Å². The van der Waals surface area contributed by atoms with E-state index in [4.69, 9.17) is 9.84 Å². The molecule has 0 aromatic heterocycles. The SMILES string of the molecule is CC1CC(C(=O)O)CN(C(=O)NCCCC2CCOCC2)C1. The first-order valence-corrected chi connectivity index (χ1v) is 8.39. The molecule has 2 aliphatic rings. The van der Waals surface area contributed by atoms with Gasteiger partial charge in [0.1, 0.15) is 0 Å². The highest BCUT2D eigenvalue weighted by atomic mass is 16.5. The number of hydrogen-bond donors (Lipinski definition) is 2. The van der Waals surface area contributed by atoms with Crippen molar-refractivity contribution in [2.75, 3.05) is 32.8 Å². The van der Waals surface area contributed by atoms with Crippen LogP contribution in [0.5, 0.6) is 0 Å². The van der Waals surface area contributed by atoms with Gasteiger partial charge in [-0.2, -0.15) is 0 Å². The molecule has 6 heteroatoms. The van der Waals surface area contributed by atoms with Crippen LogP contribution in [-0.2, 0) is 9.53 Å². The Morgan fingerprint density at radius 2 is 2.00 bits per heavy atom. The Morgan fingerprint density at radius 1 is 1.27 bits per heavy atom. The van der Waals surface area contributed by atoms with Gasteiger partial charge in [0, 0.05) is 32.8 Å². The molecule has 2 amide bonds. The van der Waals surface area contributed by atoms with Crippen LogP contribution >= 0.6 is 0 Å². The number of amides is 2. The number of urea groups is 1. The van der Waals surface area contributed by atoms with Gasteiger partial charge in [0.15, 0.2) is 0 Å². The summed E-state index contributed by atoms with van der Waals surface area (Å²) >= 11 is 0. The van der Waals surface area contributed by atoms with E-state index in [0.717, 1.165) is 44.8 Å². The van der Waals surface area contributed by atoms with E-state index in [1.807, 2.05) is 6.92 Å². The maximum Gasteiger partial charge on any atom is 0.317 e. The Balaban J connectivity index is 1.66. The van der Waals surface area contributed by atoms with Crippen molar-refractivity contribution in [1.82, 2.24) is 10.2 Å². The lowest BCUT2D eigenvalue weighted by molar-refractivity contribution is -0.143. The second-order valence-electron chi connectivity index (χ2n) is 6.71. The number of nitrogens with zero attached hydrogens (tertiary/aromatic N) is 1. The lowest BCUT2D eigenvalue weighted by Gasteiger charge is -2.34. The highest BCUT2D eigenvalue weighted by molar-refractivity contribution is 5.76. The average molecular weight is 312 g/mol. The van der Waals surface area contributed by atoms with E-state index in [1.54, 1.807) is 4.90 Å². The topological polar surface area (TPSA) is 78.9 Å². The number of carboxylic acid groups (broad SMARTS) is 1. The van der Waals surface area contributed by atoms with Crippen molar-refractivity contribution in [3.05, 3.63) is 0 Å². The second kappa shape index (κ2) is 8.36. The minimum Gasteiger partial charge on any atom is -0.481 e. The molecule has 2 heterocycles. The van der Waals surface area contributed by atoms with Gasteiger partial charge < -0.3 is 20.1 Å². The fourth-order valence-electron chi connectivity index (χ4n) is 3.43. The van der Waals surface area contributed by atoms with E-state index in [1.165, 1.54) is 0 Å². The summed E-state index contributed by atoms with van der Waals surface area (Å²) in [7, 11) is 0. The monoisotopic (exact) mass is 312 g/mol. The fourth-order valence-corrected chi connectivity index (χ4v) is 3.43. The van der Waals surface area contributed by atoms with E-state index < -0.39 is 11.9 Å². The van der Waals surface area contributed by atoms with Gasteiger partial charge in [-0.25, -0.2) is 4.79 Å². The summed E-state index contributed by atoms with van der Waals surface area (Å²) in [5.74, 6) is -0.277. The predicted octanol–water partition coefficient (Wildman–Crippen LogP) is 1.95. The van der Waals surface area contributed by atoms with Gasteiger partial charge in [0.25, 0.3) is 0 Å². The van der Waals surface area contributed by atoms with Gasteiger partial charge in [-0.15, -0.1) is 0 Å². The predicted molar refractivity (Wildman–Crippen MR) is 82.7 cm³/mol. The number of hydrogen-bond acceptors (Lipinski definition) is 3. The van der Waals surface area contributed by atoms with Crippen molar-refractivity contribution in [3.63, 3.8) is 0 Å². The van der Waals surface area contributed by atoms with Crippen molar-refractivity contribution >= 4 is 12.0 Å². The minimum atomic E-state index is -0.802. The molecule has 0 bridgehead atoms. The molecule has 6 nitrogen and oxygen atoms in total. The molecule has 126 valence electrons. The summed E-state index contributed by atoms with van der Waals surface area (Å²) in [6, 6.07) is -0.121. The molecule has 2 rings (SSSR count). The standard InChI is InChI=1S/C16H28N2O4/c1-12-9-14(15(19)20)11-18(10-12)16(21)17-6-2-3-13-4-7-22-8-5-13/h12-14H,2-11H2,1H3,(H,17,21)(H,19,20). The number of carbonyl (C=O) groups is 2. The molecule has 22 heavy (non-hydrogen) atoms. The zero-order chi connectivity index (χ0) is 15.9. The third kappa shape index (κ3) is 5.16. The van der Waals surface area contributed by atoms with Crippen molar-refractivity contribution in [2.24, 2.45) is 17.8 Å². The Hall–Kier alpha value is -1.30. The first-order valence-electron chi connectivity index (χ1n) is 8.39. The summed E-state index contributed by atoms with van der Waals surface area (Å²) in [6.45, 7) is 5.36. The van der Waals surface area contributed by atoms with Crippen LogP contribution in [0.3, 0.4) is 0 Å². The normalized spacial score (nSPS) is 26.7. The molecule has 2 saturated heterocycles. The minimum absolute atomic E-state index is 0.121. The zero-order valence-corrected chi connectivity index (χ0v) is 13.4. The summed E-state index contributed by atoms with van der Waals surface area (Å²) in [5, 5.41) is 12.1. The molecule has 2 N–H and O–H groups in total. The molecule has 0 saturated carbocycles. The molecule has 0 spiro atoms. The average Bonchev–Trinajstić information content (AvgIpc) is 2.51. The number of carbonyl (C=O) groups excluding carboxylic acids is 1. The molecule has 0 radical (unpaired) electrons. The lowest BCUT2D eigenvalue weighted by Crippen LogP contribution is -2.49. The third-order valence-electron chi connectivity index (χ3n) is 4.70. The van der Waals surface area contributed by atoms with Gasteiger partial charge in [-0.3, -0.25) is 4.79 Å². The number of nitrogens with one attached hydrogen (secondary N) is 1. The molecular formula is C16H28N2O4. The lowest BCUT2D eigenvalue weighted by atomic mass is 9.91. The number of carboxylic acids is 1. The highest BCUT2D eigenvalue weighted by Gasteiger charge is 2.31. The molecule has 0 aliphatic carbocycles.